The maximum atomic E-state index is 12.4. The van der Waals surface area contributed by atoms with E-state index in [1.54, 1.807) is 18.2 Å². The van der Waals surface area contributed by atoms with Crippen molar-refractivity contribution >= 4 is 11.9 Å². The smallest absolute Gasteiger partial charge is 0.305 e. The van der Waals surface area contributed by atoms with Gasteiger partial charge < -0.3 is 19.2 Å². The molecule has 1 aromatic carbocycles. The van der Waals surface area contributed by atoms with Gasteiger partial charge in [0, 0.05) is 18.7 Å². The van der Waals surface area contributed by atoms with E-state index in [0.717, 1.165) is 0 Å². The fourth-order valence-electron chi connectivity index (χ4n) is 2.05. The predicted octanol–water partition coefficient (Wildman–Crippen LogP) is 3.40. The quantitative estimate of drug-likeness (QED) is 0.846. The monoisotopic (exact) mass is 317 g/mol. The van der Waals surface area contributed by atoms with Crippen LogP contribution in [0.2, 0.25) is 0 Å². The second kappa shape index (κ2) is 7.49. The third-order valence-corrected chi connectivity index (χ3v) is 3.20. The Kier molecular flexibility index (Phi) is 5.41. The van der Waals surface area contributed by atoms with Crippen molar-refractivity contribution < 1.29 is 23.8 Å². The maximum Gasteiger partial charge on any atom is 0.305 e. The van der Waals surface area contributed by atoms with Gasteiger partial charge in [0.2, 0.25) is 0 Å². The molecule has 0 aliphatic heterocycles. The van der Waals surface area contributed by atoms with E-state index < -0.39 is 5.97 Å². The van der Waals surface area contributed by atoms with Crippen molar-refractivity contribution in [3.05, 3.63) is 48.2 Å². The number of rotatable bonds is 7. The minimum Gasteiger partial charge on any atom is -0.481 e. The summed E-state index contributed by atoms with van der Waals surface area (Å²) in [7, 11) is 0. The Morgan fingerprint density at radius 2 is 1.87 bits per heavy atom. The van der Waals surface area contributed by atoms with Crippen molar-refractivity contribution in [3.63, 3.8) is 0 Å². The Balaban J connectivity index is 2.08. The summed E-state index contributed by atoms with van der Waals surface area (Å²) in [5, 5.41) is 8.78. The molecule has 1 amide bonds. The number of carboxylic acid groups (broad SMARTS) is 1. The van der Waals surface area contributed by atoms with E-state index in [9.17, 15) is 9.59 Å². The molecule has 0 atom stereocenters. The normalized spacial score (nSPS) is 10.6. The molecule has 0 aliphatic rings. The van der Waals surface area contributed by atoms with Gasteiger partial charge in [0.25, 0.3) is 11.9 Å². The largest absolute Gasteiger partial charge is 0.481 e. The molecule has 6 nitrogen and oxygen atoms in total. The van der Waals surface area contributed by atoms with Crippen molar-refractivity contribution in [1.82, 2.24) is 4.90 Å². The highest BCUT2D eigenvalue weighted by atomic mass is 16.6. The molecule has 0 unspecified atom stereocenters. The zero-order valence-electron chi connectivity index (χ0n) is 13.1. The average molecular weight is 317 g/mol. The first-order valence-corrected chi connectivity index (χ1v) is 7.33. The highest BCUT2D eigenvalue weighted by Gasteiger charge is 2.22. The number of aliphatic carboxylic acids is 1. The number of amides is 1. The third kappa shape index (κ3) is 4.60. The van der Waals surface area contributed by atoms with Crippen molar-refractivity contribution in [1.29, 1.82) is 0 Å². The molecule has 1 heterocycles. The van der Waals surface area contributed by atoms with E-state index in [4.69, 9.17) is 14.3 Å². The van der Waals surface area contributed by atoms with Gasteiger partial charge in [-0.1, -0.05) is 18.2 Å². The lowest BCUT2D eigenvalue weighted by Crippen LogP contribution is -2.38. The molecular weight excluding hydrogens is 298 g/mol. The highest BCUT2D eigenvalue weighted by molar-refractivity contribution is 5.92. The maximum absolute atomic E-state index is 12.4. The number of nitrogens with zero attached hydrogens (tertiary/aromatic N) is 1. The van der Waals surface area contributed by atoms with Gasteiger partial charge in [0.05, 0.1) is 6.42 Å². The van der Waals surface area contributed by atoms with E-state index in [-0.39, 0.29) is 36.6 Å². The lowest BCUT2D eigenvalue weighted by Gasteiger charge is -2.25. The molecule has 0 saturated carbocycles. The van der Waals surface area contributed by atoms with Crippen LogP contribution >= 0.6 is 0 Å². The molecule has 0 bridgehead atoms. The standard InChI is InChI=1S/C17H19NO5/c1-12(2)18(11-10-15(19)20)17(21)14-8-9-16(23-14)22-13-6-4-3-5-7-13/h3-9,12H,10-11H2,1-2H3,(H,19,20). The predicted molar refractivity (Wildman–Crippen MR) is 83.6 cm³/mol. The summed E-state index contributed by atoms with van der Waals surface area (Å²) in [6.45, 7) is 3.77. The van der Waals surface area contributed by atoms with Gasteiger partial charge in [-0.2, -0.15) is 0 Å². The summed E-state index contributed by atoms with van der Waals surface area (Å²) in [5.74, 6) is -0.371. The topological polar surface area (TPSA) is 80.0 Å². The minimum absolute atomic E-state index is 0.113. The molecule has 23 heavy (non-hydrogen) atoms. The number of carbonyl (C=O) groups is 2. The molecule has 2 aromatic rings. The van der Waals surface area contributed by atoms with E-state index in [1.165, 1.54) is 11.0 Å². The van der Waals surface area contributed by atoms with Gasteiger partial charge in [-0.05, 0) is 32.0 Å². The van der Waals surface area contributed by atoms with Gasteiger partial charge >= 0.3 is 5.97 Å². The number of hydrogen-bond acceptors (Lipinski definition) is 4. The van der Waals surface area contributed by atoms with Crippen LogP contribution in [-0.4, -0.2) is 34.5 Å². The van der Waals surface area contributed by atoms with Crippen LogP contribution in [0, 0.1) is 0 Å². The third-order valence-electron chi connectivity index (χ3n) is 3.20. The number of benzene rings is 1. The number of ether oxygens (including phenoxy) is 1. The average Bonchev–Trinajstić information content (AvgIpc) is 2.96. The molecule has 1 aromatic heterocycles. The molecule has 2 rings (SSSR count). The van der Waals surface area contributed by atoms with Gasteiger partial charge in [-0.15, -0.1) is 0 Å². The second-order valence-corrected chi connectivity index (χ2v) is 5.27. The Morgan fingerprint density at radius 1 is 1.17 bits per heavy atom. The van der Waals surface area contributed by atoms with Gasteiger partial charge in [0.15, 0.2) is 5.76 Å². The number of hydrogen-bond donors (Lipinski definition) is 1. The fourth-order valence-corrected chi connectivity index (χ4v) is 2.05. The molecule has 0 spiro atoms. The highest BCUT2D eigenvalue weighted by Crippen LogP contribution is 2.24. The molecule has 6 heteroatoms. The summed E-state index contributed by atoms with van der Waals surface area (Å²) in [6.07, 6.45) is -0.113. The van der Waals surface area contributed by atoms with E-state index in [1.807, 2.05) is 32.0 Å². The zero-order chi connectivity index (χ0) is 16.8. The zero-order valence-corrected chi connectivity index (χ0v) is 13.1. The number of carboxylic acids is 1. The summed E-state index contributed by atoms with van der Waals surface area (Å²) < 4.78 is 10.9. The van der Waals surface area contributed by atoms with Crippen LogP contribution in [0.3, 0.4) is 0 Å². The number of furan rings is 1. The second-order valence-electron chi connectivity index (χ2n) is 5.27. The SMILES string of the molecule is CC(C)N(CCC(=O)O)C(=O)c1ccc(Oc2ccccc2)o1. The van der Waals surface area contributed by atoms with Crippen molar-refractivity contribution in [2.24, 2.45) is 0 Å². The Labute approximate surface area is 134 Å². The number of carbonyl (C=O) groups excluding carboxylic acids is 1. The van der Waals surface area contributed by atoms with E-state index in [0.29, 0.717) is 5.75 Å². The van der Waals surface area contributed by atoms with Gasteiger partial charge in [-0.3, -0.25) is 9.59 Å². The Morgan fingerprint density at radius 3 is 2.48 bits per heavy atom. The van der Waals surface area contributed by atoms with Crippen LogP contribution in [0.15, 0.2) is 46.9 Å². The first-order valence-electron chi connectivity index (χ1n) is 7.33. The molecular formula is C17H19NO5. The van der Waals surface area contributed by atoms with E-state index in [2.05, 4.69) is 0 Å². The van der Waals surface area contributed by atoms with Crippen LogP contribution in [0.5, 0.6) is 11.7 Å². The lowest BCUT2D eigenvalue weighted by molar-refractivity contribution is -0.137. The van der Waals surface area contributed by atoms with Crippen LogP contribution in [0.25, 0.3) is 0 Å². The molecule has 0 fully saturated rings. The van der Waals surface area contributed by atoms with Crippen LogP contribution in [0.4, 0.5) is 0 Å². The minimum atomic E-state index is -0.948. The summed E-state index contributed by atoms with van der Waals surface area (Å²) in [6, 6.07) is 12.0. The summed E-state index contributed by atoms with van der Waals surface area (Å²) >= 11 is 0. The van der Waals surface area contributed by atoms with E-state index >= 15 is 0 Å². The van der Waals surface area contributed by atoms with Crippen molar-refractivity contribution in [2.75, 3.05) is 6.54 Å². The molecule has 122 valence electrons. The fraction of sp³-hybridized carbons (Fsp3) is 0.294. The Bertz CT molecular complexity index is 663. The Hall–Kier alpha value is -2.76. The summed E-state index contributed by atoms with van der Waals surface area (Å²) in [5.41, 5.74) is 0. The van der Waals surface area contributed by atoms with Gasteiger partial charge in [0.1, 0.15) is 5.75 Å². The molecule has 0 radical (unpaired) electrons. The first-order chi connectivity index (χ1) is 11.0. The molecule has 0 saturated heterocycles. The van der Waals surface area contributed by atoms with Crippen LogP contribution < -0.4 is 4.74 Å². The van der Waals surface area contributed by atoms with Crippen molar-refractivity contribution in [3.8, 4) is 11.7 Å². The van der Waals surface area contributed by atoms with Gasteiger partial charge in [-0.25, -0.2) is 0 Å². The van der Waals surface area contributed by atoms with Crippen LogP contribution in [-0.2, 0) is 4.79 Å². The van der Waals surface area contributed by atoms with Crippen LogP contribution in [0.1, 0.15) is 30.8 Å². The lowest BCUT2D eigenvalue weighted by atomic mass is 10.2. The molecule has 1 N–H and O–H groups in total. The molecule has 0 aliphatic carbocycles. The number of para-hydroxylation sites is 1. The first kappa shape index (κ1) is 16.6. The summed E-state index contributed by atoms with van der Waals surface area (Å²) in [4.78, 5) is 24.6. The van der Waals surface area contributed by atoms with Crippen molar-refractivity contribution in [2.45, 2.75) is 26.3 Å².